The average molecular weight is 216 g/mol. The standard InChI is InChI=1S/C12H12N2S/c1-8(2)14-11-7-13-5-3-9(11)10-4-6-15-12(10)14/h3-8H,1-2H3. The van der Waals surface area contributed by atoms with Crippen LogP contribution >= 0.6 is 11.3 Å². The van der Waals surface area contributed by atoms with E-state index >= 15 is 0 Å². The van der Waals surface area contributed by atoms with Crippen LogP contribution in [0.2, 0.25) is 0 Å². The minimum absolute atomic E-state index is 0.479. The number of aromatic nitrogens is 2. The molecular formula is C12H12N2S. The first kappa shape index (κ1) is 8.92. The van der Waals surface area contributed by atoms with Gasteiger partial charge >= 0.3 is 0 Å². The highest BCUT2D eigenvalue weighted by molar-refractivity contribution is 7.17. The van der Waals surface area contributed by atoms with E-state index in [1.807, 2.05) is 12.4 Å². The van der Waals surface area contributed by atoms with Crippen molar-refractivity contribution in [2.45, 2.75) is 19.9 Å². The fourth-order valence-corrected chi connectivity index (χ4v) is 3.18. The monoisotopic (exact) mass is 216 g/mol. The van der Waals surface area contributed by atoms with E-state index in [4.69, 9.17) is 0 Å². The summed E-state index contributed by atoms with van der Waals surface area (Å²) in [4.78, 5) is 5.57. The summed E-state index contributed by atoms with van der Waals surface area (Å²) in [7, 11) is 0. The molecule has 0 fully saturated rings. The molecule has 3 heteroatoms. The molecule has 2 nitrogen and oxygen atoms in total. The maximum atomic E-state index is 4.21. The van der Waals surface area contributed by atoms with Gasteiger partial charge in [-0.2, -0.15) is 0 Å². The molecule has 0 saturated heterocycles. The molecule has 15 heavy (non-hydrogen) atoms. The van der Waals surface area contributed by atoms with E-state index in [-0.39, 0.29) is 0 Å². The molecule has 0 radical (unpaired) electrons. The summed E-state index contributed by atoms with van der Waals surface area (Å²) in [6.07, 6.45) is 3.83. The topological polar surface area (TPSA) is 17.8 Å². The SMILES string of the molecule is CC(C)n1c2cnccc2c2ccsc21. The van der Waals surface area contributed by atoms with E-state index in [0.29, 0.717) is 6.04 Å². The molecule has 3 aromatic heterocycles. The van der Waals surface area contributed by atoms with Crippen molar-refractivity contribution in [2.75, 3.05) is 0 Å². The van der Waals surface area contributed by atoms with E-state index in [1.165, 1.54) is 21.1 Å². The zero-order chi connectivity index (χ0) is 10.4. The third-order valence-electron chi connectivity index (χ3n) is 2.73. The number of hydrogen-bond acceptors (Lipinski definition) is 2. The second-order valence-corrected chi connectivity index (χ2v) is 4.89. The normalized spacial score (nSPS) is 11.9. The van der Waals surface area contributed by atoms with Crippen molar-refractivity contribution in [3.05, 3.63) is 29.9 Å². The van der Waals surface area contributed by atoms with Crippen molar-refractivity contribution in [2.24, 2.45) is 0 Å². The van der Waals surface area contributed by atoms with Gasteiger partial charge < -0.3 is 4.57 Å². The van der Waals surface area contributed by atoms with Crippen LogP contribution < -0.4 is 0 Å². The van der Waals surface area contributed by atoms with E-state index in [9.17, 15) is 0 Å². The Hall–Kier alpha value is -1.35. The van der Waals surface area contributed by atoms with Crippen LogP contribution in [0.4, 0.5) is 0 Å². The van der Waals surface area contributed by atoms with Crippen LogP contribution in [-0.4, -0.2) is 9.55 Å². The van der Waals surface area contributed by atoms with Crippen molar-refractivity contribution in [1.82, 2.24) is 9.55 Å². The van der Waals surface area contributed by atoms with Gasteiger partial charge in [0, 0.05) is 23.0 Å². The van der Waals surface area contributed by atoms with Crippen LogP contribution in [-0.2, 0) is 0 Å². The fourth-order valence-electron chi connectivity index (χ4n) is 2.12. The predicted molar refractivity (Wildman–Crippen MR) is 65.5 cm³/mol. The number of pyridine rings is 1. The molecule has 3 rings (SSSR count). The Kier molecular flexibility index (Phi) is 1.83. The van der Waals surface area contributed by atoms with Crippen molar-refractivity contribution >= 4 is 32.5 Å². The highest BCUT2D eigenvalue weighted by Crippen LogP contribution is 2.34. The number of nitrogens with zero attached hydrogens (tertiary/aromatic N) is 2. The predicted octanol–water partition coefficient (Wildman–Crippen LogP) is 3.83. The van der Waals surface area contributed by atoms with Gasteiger partial charge in [-0.3, -0.25) is 4.98 Å². The highest BCUT2D eigenvalue weighted by atomic mass is 32.1. The summed E-state index contributed by atoms with van der Waals surface area (Å²) in [5.74, 6) is 0. The van der Waals surface area contributed by atoms with Gasteiger partial charge in [-0.15, -0.1) is 11.3 Å². The molecule has 0 aliphatic carbocycles. The zero-order valence-corrected chi connectivity index (χ0v) is 9.58. The molecule has 0 amide bonds. The lowest BCUT2D eigenvalue weighted by molar-refractivity contribution is 0.644. The van der Waals surface area contributed by atoms with Crippen molar-refractivity contribution in [3.63, 3.8) is 0 Å². The Morgan fingerprint density at radius 2 is 2.13 bits per heavy atom. The molecule has 0 aliphatic heterocycles. The zero-order valence-electron chi connectivity index (χ0n) is 8.77. The maximum Gasteiger partial charge on any atom is 0.104 e. The molecule has 0 spiro atoms. The first-order valence-electron chi connectivity index (χ1n) is 5.10. The third kappa shape index (κ3) is 1.13. The van der Waals surface area contributed by atoms with Crippen molar-refractivity contribution in [1.29, 1.82) is 0 Å². The summed E-state index contributed by atoms with van der Waals surface area (Å²) < 4.78 is 2.36. The molecule has 76 valence electrons. The number of fused-ring (bicyclic) bond motifs is 3. The second kappa shape index (κ2) is 3.07. The maximum absolute atomic E-state index is 4.21. The summed E-state index contributed by atoms with van der Waals surface area (Å²) in [6, 6.07) is 4.78. The van der Waals surface area contributed by atoms with Crippen LogP contribution in [0.1, 0.15) is 19.9 Å². The summed E-state index contributed by atoms with van der Waals surface area (Å²) in [6.45, 7) is 4.43. The number of hydrogen-bond donors (Lipinski definition) is 0. The Morgan fingerprint density at radius 3 is 2.93 bits per heavy atom. The van der Waals surface area contributed by atoms with Gasteiger partial charge in [-0.1, -0.05) is 0 Å². The van der Waals surface area contributed by atoms with Gasteiger partial charge in [0.25, 0.3) is 0 Å². The smallest absolute Gasteiger partial charge is 0.104 e. The first-order valence-corrected chi connectivity index (χ1v) is 5.98. The molecule has 3 heterocycles. The summed E-state index contributed by atoms with van der Waals surface area (Å²) in [5.41, 5.74) is 1.24. The van der Waals surface area contributed by atoms with E-state index in [1.54, 1.807) is 11.3 Å². The van der Waals surface area contributed by atoms with Crippen molar-refractivity contribution in [3.8, 4) is 0 Å². The molecule has 0 aromatic carbocycles. The first-order chi connectivity index (χ1) is 7.29. The van der Waals surface area contributed by atoms with Gasteiger partial charge in [0.1, 0.15) is 4.83 Å². The lowest BCUT2D eigenvalue weighted by Gasteiger charge is -2.09. The van der Waals surface area contributed by atoms with Crippen LogP contribution in [0.15, 0.2) is 29.9 Å². The molecule has 0 N–H and O–H groups in total. The van der Waals surface area contributed by atoms with E-state index in [0.717, 1.165) is 0 Å². The van der Waals surface area contributed by atoms with Crippen LogP contribution in [0.3, 0.4) is 0 Å². The highest BCUT2D eigenvalue weighted by Gasteiger charge is 2.12. The Morgan fingerprint density at radius 1 is 1.27 bits per heavy atom. The largest absolute Gasteiger partial charge is 0.328 e. The molecular weight excluding hydrogens is 204 g/mol. The lowest BCUT2D eigenvalue weighted by atomic mass is 10.2. The summed E-state index contributed by atoms with van der Waals surface area (Å²) in [5, 5.41) is 4.82. The van der Waals surface area contributed by atoms with E-state index < -0.39 is 0 Å². The Balaban J connectivity index is 2.58. The quantitative estimate of drug-likeness (QED) is 0.604. The lowest BCUT2D eigenvalue weighted by Crippen LogP contribution is -1.98. The molecule has 0 saturated carbocycles. The van der Waals surface area contributed by atoms with E-state index in [2.05, 4.69) is 40.9 Å². The van der Waals surface area contributed by atoms with Gasteiger partial charge in [-0.25, -0.2) is 0 Å². The number of thiophene rings is 1. The average Bonchev–Trinajstić information content (AvgIpc) is 2.75. The Labute approximate surface area is 92.2 Å². The molecule has 0 bridgehead atoms. The van der Waals surface area contributed by atoms with Gasteiger partial charge in [0.2, 0.25) is 0 Å². The minimum atomic E-state index is 0.479. The third-order valence-corrected chi connectivity index (χ3v) is 3.64. The van der Waals surface area contributed by atoms with Gasteiger partial charge in [-0.05, 0) is 31.4 Å². The fraction of sp³-hybridized carbons (Fsp3) is 0.250. The van der Waals surface area contributed by atoms with Gasteiger partial charge in [0.15, 0.2) is 0 Å². The second-order valence-electron chi connectivity index (χ2n) is 4.00. The molecule has 0 atom stereocenters. The van der Waals surface area contributed by atoms with Gasteiger partial charge in [0.05, 0.1) is 11.7 Å². The van der Waals surface area contributed by atoms with Crippen LogP contribution in [0.5, 0.6) is 0 Å². The van der Waals surface area contributed by atoms with Crippen molar-refractivity contribution < 1.29 is 0 Å². The molecule has 3 aromatic rings. The number of rotatable bonds is 1. The molecule has 0 unspecified atom stereocenters. The summed E-state index contributed by atoms with van der Waals surface area (Å²) >= 11 is 1.80. The Bertz CT molecular complexity index is 619. The molecule has 0 aliphatic rings. The minimum Gasteiger partial charge on any atom is -0.328 e. The van der Waals surface area contributed by atoms with Crippen LogP contribution in [0, 0.1) is 0 Å². The van der Waals surface area contributed by atoms with Crippen LogP contribution in [0.25, 0.3) is 21.1 Å².